The molecule has 8 heteroatoms. The number of nitro benzene ring substituents is 1. The second-order valence-corrected chi connectivity index (χ2v) is 6.43. The van der Waals surface area contributed by atoms with Crippen molar-refractivity contribution in [2.45, 2.75) is 26.4 Å². The van der Waals surface area contributed by atoms with Crippen molar-refractivity contribution in [2.24, 2.45) is 4.99 Å². The van der Waals surface area contributed by atoms with E-state index in [1.807, 2.05) is 25.1 Å². The Kier molecular flexibility index (Phi) is 6.21. The first-order valence-electron chi connectivity index (χ1n) is 9.18. The average molecular weight is 380 g/mol. The van der Waals surface area contributed by atoms with E-state index in [9.17, 15) is 10.1 Å². The third kappa shape index (κ3) is 4.64. The Morgan fingerprint density at radius 2 is 1.93 bits per heavy atom. The maximum absolute atomic E-state index is 10.7. The minimum Gasteiger partial charge on any atom is -0.356 e. The van der Waals surface area contributed by atoms with Crippen molar-refractivity contribution >= 4 is 22.7 Å². The molecule has 28 heavy (non-hydrogen) atoms. The third-order valence-corrected chi connectivity index (χ3v) is 4.53. The van der Waals surface area contributed by atoms with Crippen LogP contribution in [0.25, 0.3) is 11.0 Å². The number of rotatable bonds is 7. The lowest BCUT2D eigenvalue weighted by Gasteiger charge is -2.13. The molecule has 0 aliphatic rings. The van der Waals surface area contributed by atoms with Gasteiger partial charge in [-0.05, 0) is 31.0 Å². The fourth-order valence-electron chi connectivity index (χ4n) is 3.06. The highest BCUT2D eigenvalue weighted by atomic mass is 16.6. The minimum atomic E-state index is -0.400. The Balaban J connectivity index is 1.46. The molecule has 0 aliphatic carbocycles. The van der Waals surface area contributed by atoms with Crippen LogP contribution in [0.5, 0.6) is 0 Å². The second-order valence-electron chi connectivity index (χ2n) is 6.43. The standard InChI is InChI=1S/C20H24N6O2/c1-15-24-18-6-3-4-7-19(18)25(15)13-5-12-22-20(21-2)23-14-16-8-10-17(11-9-16)26(27)28/h3-4,6-11H,5,12-14H2,1-2H3,(H2,21,22,23). The van der Waals surface area contributed by atoms with E-state index in [1.54, 1.807) is 19.2 Å². The quantitative estimate of drug-likeness (QED) is 0.216. The van der Waals surface area contributed by atoms with Crippen LogP contribution in [0.3, 0.4) is 0 Å². The van der Waals surface area contributed by atoms with Crippen molar-refractivity contribution in [3.8, 4) is 0 Å². The zero-order valence-electron chi connectivity index (χ0n) is 16.1. The smallest absolute Gasteiger partial charge is 0.269 e. The van der Waals surface area contributed by atoms with E-state index in [0.717, 1.165) is 41.9 Å². The van der Waals surface area contributed by atoms with Gasteiger partial charge in [-0.3, -0.25) is 15.1 Å². The number of imidazole rings is 1. The molecule has 0 radical (unpaired) electrons. The van der Waals surface area contributed by atoms with Crippen molar-refractivity contribution < 1.29 is 4.92 Å². The number of nitro groups is 1. The number of hydrogen-bond acceptors (Lipinski definition) is 4. The summed E-state index contributed by atoms with van der Waals surface area (Å²) in [5.74, 6) is 1.72. The number of nitrogens with zero attached hydrogens (tertiary/aromatic N) is 4. The SMILES string of the molecule is CN=C(NCCCn1c(C)nc2ccccc21)NCc1ccc([N+](=O)[O-])cc1. The summed E-state index contributed by atoms with van der Waals surface area (Å²) in [7, 11) is 1.72. The van der Waals surface area contributed by atoms with Crippen molar-refractivity contribution in [3.05, 3.63) is 70.0 Å². The zero-order chi connectivity index (χ0) is 19.9. The topological polar surface area (TPSA) is 97.4 Å². The Labute approximate surface area is 163 Å². The van der Waals surface area contributed by atoms with Gasteiger partial charge in [0, 0.05) is 38.8 Å². The van der Waals surface area contributed by atoms with E-state index in [4.69, 9.17) is 0 Å². The molecule has 0 saturated carbocycles. The van der Waals surface area contributed by atoms with Crippen LogP contribution in [0.4, 0.5) is 5.69 Å². The summed E-state index contributed by atoms with van der Waals surface area (Å²) < 4.78 is 2.23. The van der Waals surface area contributed by atoms with Crippen molar-refractivity contribution in [2.75, 3.05) is 13.6 Å². The molecule has 2 N–H and O–H groups in total. The van der Waals surface area contributed by atoms with Crippen molar-refractivity contribution in [3.63, 3.8) is 0 Å². The number of non-ortho nitro benzene ring substituents is 1. The average Bonchev–Trinajstić information content (AvgIpc) is 3.03. The van der Waals surface area contributed by atoms with E-state index in [0.29, 0.717) is 12.5 Å². The number of benzene rings is 2. The highest BCUT2D eigenvalue weighted by Crippen LogP contribution is 2.15. The van der Waals surface area contributed by atoms with Gasteiger partial charge in [0.25, 0.3) is 5.69 Å². The van der Waals surface area contributed by atoms with Gasteiger partial charge in [-0.15, -0.1) is 0 Å². The van der Waals surface area contributed by atoms with Gasteiger partial charge in [-0.25, -0.2) is 4.98 Å². The summed E-state index contributed by atoms with van der Waals surface area (Å²) in [6, 6.07) is 14.6. The molecule has 0 aliphatic heterocycles. The number of hydrogen-bond donors (Lipinski definition) is 2. The normalized spacial score (nSPS) is 11.6. The third-order valence-electron chi connectivity index (χ3n) is 4.53. The molecular formula is C20H24N6O2. The molecule has 1 heterocycles. The van der Waals surface area contributed by atoms with Gasteiger partial charge < -0.3 is 15.2 Å². The van der Waals surface area contributed by atoms with Crippen LogP contribution < -0.4 is 10.6 Å². The molecule has 1 aromatic heterocycles. The van der Waals surface area contributed by atoms with Crippen molar-refractivity contribution in [1.82, 2.24) is 20.2 Å². The van der Waals surface area contributed by atoms with Crippen LogP contribution in [0, 0.1) is 17.0 Å². The molecular weight excluding hydrogens is 356 g/mol. The summed E-state index contributed by atoms with van der Waals surface area (Å²) in [6.45, 7) is 4.21. The lowest BCUT2D eigenvalue weighted by molar-refractivity contribution is -0.384. The zero-order valence-corrected chi connectivity index (χ0v) is 16.1. The van der Waals surface area contributed by atoms with Crippen LogP contribution >= 0.6 is 0 Å². The Bertz CT molecular complexity index is 978. The number of guanidine groups is 1. The monoisotopic (exact) mass is 380 g/mol. The number of aryl methyl sites for hydroxylation is 2. The Morgan fingerprint density at radius 3 is 2.64 bits per heavy atom. The van der Waals surface area contributed by atoms with Gasteiger partial charge in [0.15, 0.2) is 5.96 Å². The first-order chi connectivity index (χ1) is 13.6. The van der Waals surface area contributed by atoms with E-state index >= 15 is 0 Å². The molecule has 0 amide bonds. The molecule has 0 atom stereocenters. The second kappa shape index (κ2) is 8.98. The molecule has 146 valence electrons. The van der Waals surface area contributed by atoms with Gasteiger partial charge in [0.1, 0.15) is 5.82 Å². The number of nitrogens with one attached hydrogen (secondary N) is 2. The predicted octanol–water partition coefficient (Wildman–Crippen LogP) is 3.01. The fourth-order valence-corrected chi connectivity index (χ4v) is 3.06. The van der Waals surface area contributed by atoms with Crippen LogP contribution in [-0.2, 0) is 13.1 Å². The van der Waals surface area contributed by atoms with Gasteiger partial charge in [-0.2, -0.15) is 0 Å². The summed E-state index contributed by atoms with van der Waals surface area (Å²) >= 11 is 0. The molecule has 8 nitrogen and oxygen atoms in total. The lowest BCUT2D eigenvalue weighted by Crippen LogP contribution is -2.37. The van der Waals surface area contributed by atoms with Crippen LogP contribution in [0.1, 0.15) is 17.8 Å². The molecule has 2 aromatic carbocycles. The number of aromatic nitrogens is 2. The first-order valence-corrected chi connectivity index (χ1v) is 9.18. The van der Waals surface area contributed by atoms with Gasteiger partial charge in [-0.1, -0.05) is 24.3 Å². The van der Waals surface area contributed by atoms with Gasteiger partial charge >= 0.3 is 0 Å². The largest absolute Gasteiger partial charge is 0.356 e. The summed E-state index contributed by atoms with van der Waals surface area (Å²) in [4.78, 5) is 19.1. The van der Waals surface area contributed by atoms with Gasteiger partial charge in [0.2, 0.25) is 0 Å². The Hall–Kier alpha value is -3.42. The minimum absolute atomic E-state index is 0.0913. The summed E-state index contributed by atoms with van der Waals surface area (Å²) in [5.41, 5.74) is 3.22. The van der Waals surface area contributed by atoms with Gasteiger partial charge in [0.05, 0.1) is 16.0 Å². The number of fused-ring (bicyclic) bond motifs is 1. The first kappa shape index (κ1) is 19.3. The van der Waals surface area contributed by atoms with Crippen LogP contribution in [-0.4, -0.2) is 34.0 Å². The van der Waals surface area contributed by atoms with E-state index in [2.05, 4.69) is 31.2 Å². The Morgan fingerprint density at radius 1 is 1.18 bits per heavy atom. The molecule has 0 spiro atoms. The highest BCUT2D eigenvalue weighted by molar-refractivity contribution is 5.79. The highest BCUT2D eigenvalue weighted by Gasteiger charge is 2.07. The van der Waals surface area contributed by atoms with E-state index in [-0.39, 0.29) is 5.69 Å². The molecule has 0 unspecified atom stereocenters. The predicted molar refractivity (Wildman–Crippen MR) is 110 cm³/mol. The number of para-hydroxylation sites is 2. The fraction of sp³-hybridized carbons (Fsp3) is 0.300. The van der Waals surface area contributed by atoms with Crippen LogP contribution in [0.2, 0.25) is 0 Å². The summed E-state index contributed by atoms with van der Waals surface area (Å²) in [6.07, 6.45) is 0.930. The maximum Gasteiger partial charge on any atom is 0.269 e. The number of aliphatic imine (C=N–C) groups is 1. The summed E-state index contributed by atoms with van der Waals surface area (Å²) in [5, 5.41) is 17.2. The van der Waals surface area contributed by atoms with E-state index < -0.39 is 4.92 Å². The molecule has 0 bridgehead atoms. The molecule has 3 aromatic rings. The van der Waals surface area contributed by atoms with E-state index in [1.165, 1.54) is 12.1 Å². The van der Waals surface area contributed by atoms with Crippen LogP contribution in [0.15, 0.2) is 53.5 Å². The maximum atomic E-state index is 10.7. The lowest BCUT2D eigenvalue weighted by atomic mass is 10.2. The molecule has 0 fully saturated rings. The molecule has 3 rings (SSSR count). The van der Waals surface area contributed by atoms with Crippen molar-refractivity contribution in [1.29, 1.82) is 0 Å². The molecule has 0 saturated heterocycles.